The zero-order valence-electron chi connectivity index (χ0n) is 32.3. The van der Waals surface area contributed by atoms with Gasteiger partial charge in [0, 0.05) is 32.9 Å². The van der Waals surface area contributed by atoms with Gasteiger partial charge in [-0.05, 0) is 104 Å². The highest BCUT2D eigenvalue weighted by Gasteiger charge is 2.35. The molecule has 0 amide bonds. The Balaban J connectivity index is 1.14. The van der Waals surface area contributed by atoms with Crippen molar-refractivity contribution >= 4 is 21.9 Å². The molecule has 2 aromatic heterocycles. The van der Waals surface area contributed by atoms with E-state index in [0.29, 0.717) is 5.82 Å². The monoisotopic (exact) mass is 742 g/mol. The first-order valence-electron chi connectivity index (χ1n) is 19.9. The lowest BCUT2D eigenvalue weighted by molar-refractivity contribution is 0.660. The number of aromatic nitrogens is 2. The third-order valence-electron chi connectivity index (χ3n) is 11.9. The molecule has 10 aromatic rings. The quantitative estimate of drug-likeness (QED) is 0.170. The van der Waals surface area contributed by atoms with Crippen molar-refractivity contribution in [2.45, 2.75) is 19.3 Å². The molecule has 1 aliphatic carbocycles. The van der Waals surface area contributed by atoms with E-state index in [2.05, 4.69) is 190 Å². The Kier molecular flexibility index (Phi) is 7.84. The van der Waals surface area contributed by atoms with Crippen LogP contribution in [0.1, 0.15) is 25.0 Å². The average Bonchev–Trinajstić information content (AvgIpc) is 3.77. The Morgan fingerprint density at radius 3 is 1.71 bits per heavy atom. The molecule has 3 nitrogen and oxygen atoms in total. The predicted octanol–water partition coefficient (Wildman–Crippen LogP) is 14.7. The molecule has 274 valence electrons. The summed E-state index contributed by atoms with van der Waals surface area (Å²) in [4.78, 5) is 10.6. The fourth-order valence-electron chi connectivity index (χ4n) is 8.93. The molecule has 8 aromatic carbocycles. The summed E-state index contributed by atoms with van der Waals surface area (Å²) in [6, 6.07) is 69.1. The van der Waals surface area contributed by atoms with Gasteiger partial charge in [-0.25, -0.2) is 9.97 Å². The molecule has 2 heterocycles. The van der Waals surface area contributed by atoms with Gasteiger partial charge in [-0.3, -0.25) is 0 Å². The maximum atomic E-state index is 6.25. The number of nitrogens with zero attached hydrogens (tertiary/aromatic N) is 2. The van der Waals surface area contributed by atoms with Crippen molar-refractivity contribution in [3.05, 3.63) is 205 Å². The van der Waals surface area contributed by atoms with Gasteiger partial charge in [0.25, 0.3) is 0 Å². The second-order valence-electron chi connectivity index (χ2n) is 15.8. The van der Waals surface area contributed by atoms with Crippen LogP contribution < -0.4 is 0 Å². The van der Waals surface area contributed by atoms with E-state index < -0.39 is 0 Å². The summed E-state index contributed by atoms with van der Waals surface area (Å²) in [6.45, 7) is 4.65. The third-order valence-corrected chi connectivity index (χ3v) is 11.9. The summed E-state index contributed by atoms with van der Waals surface area (Å²) >= 11 is 0. The Labute approximate surface area is 338 Å². The topological polar surface area (TPSA) is 38.9 Å². The van der Waals surface area contributed by atoms with Gasteiger partial charge in [0.15, 0.2) is 5.82 Å². The third kappa shape index (κ3) is 5.66. The van der Waals surface area contributed by atoms with Gasteiger partial charge in [0.2, 0.25) is 0 Å². The molecular weight excluding hydrogens is 705 g/mol. The number of furan rings is 1. The summed E-state index contributed by atoms with van der Waals surface area (Å²) < 4.78 is 6.25. The number of hydrogen-bond acceptors (Lipinski definition) is 3. The molecule has 0 N–H and O–H groups in total. The molecule has 11 rings (SSSR count). The molecular formula is C55H38N2O. The summed E-state index contributed by atoms with van der Waals surface area (Å²) in [5, 5.41) is 2.21. The van der Waals surface area contributed by atoms with Gasteiger partial charge < -0.3 is 4.42 Å². The number of para-hydroxylation sites is 1. The molecule has 0 atom stereocenters. The standard InChI is InChI=1S/C55H38N2O/c1-55(2)48-23-13-11-21-44(48)45-27-25-38(33-49(45)55)50-34-51(57-54(56-50)36-17-7-4-8-18-36)41-30-39(37-26-28-53-47(32-37)46-22-12-14-24-52(46)58-53)29-40(31-41)43-20-10-9-19-42(43)35-15-5-3-6-16-35/h3-34H,1-2H3. The molecule has 3 heteroatoms. The van der Waals surface area contributed by atoms with Crippen molar-refractivity contribution in [2.24, 2.45) is 0 Å². The predicted molar refractivity (Wildman–Crippen MR) is 239 cm³/mol. The van der Waals surface area contributed by atoms with E-state index in [-0.39, 0.29) is 5.41 Å². The summed E-state index contributed by atoms with van der Waals surface area (Å²) in [5.74, 6) is 0.694. The lowest BCUT2D eigenvalue weighted by Crippen LogP contribution is -2.14. The molecule has 1 aliphatic rings. The van der Waals surface area contributed by atoms with Gasteiger partial charge in [-0.1, -0.05) is 159 Å². The molecule has 0 saturated heterocycles. The van der Waals surface area contributed by atoms with Gasteiger partial charge in [-0.15, -0.1) is 0 Å². The first kappa shape index (κ1) is 33.9. The van der Waals surface area contributed by atoms with Crippen LogP contribution in [0.25, 0.3) is 100 Å². The number of rotatable bonds is 6. The SMILES string of the molecule is CC1(C)c2ccccc2-c2ccc(-c3cc(-c4cc(-c5ccc6oc7ccccc7c6c5)cc(-c5ccccc5-c5ccccc5)c4)nc(-c4ccccc4)n3)cc21. The van der Waals surface area contributed by atoms with Crippen molar-refractivity contribution in [1.82, 2.24) is 9.97 Å². The number of fused-ring (bicyclic) bond motifs is 6. The largest absolute Gasteiger partial charge is 0.456 e. The van der Waals surface area contributed by atoms with Crippen molar-refractivity contribution in [3.63, 3.8) is 0 Å². The Morgan fingerprint density at radius 2 is 0.914 bits per heavy atom. The molecule has 0 unspecified atom stereocenters. The van der Waals surface area contributed by atoms with Gasteiger partial charge in [0.1, 0.15) is 11.2 Å². The van der Waals surface area contributed by atoms with Crippen LogP contribution in [0, 0.1) is 0 Å². The minimum Gasteiger partial charge on any atom is -0.456 e. The van der Waals surface area contributed by atoms with Crippen LogP contribution in [0.4, 0.5) is 0 Å². The van der Waals surface area contributed by atoms with E-state index in [9.17, 15) is 0 Å². The fourth-order valence-corrected chi connectivity index (χ4v) is 8.93. The fraction of sp³-hybridized carbons (Fsp3) is 0.0545. The van der Waals surface area contributed by atoms with Crippen LogP contribution in [-0.4, -0.2) is 9.97 Å². The normalized spacial score (nSPS) is 12.8. The van der Waals surface area contributed by atoms with Crippen LogP contribution in [0.5, 0.6) is 0 Å². The lowest BCUT2D eigenvalue weighted by Gasteiger charge is -2.22. The van der Waals surface area contributed by atoms with E-state index >= 15 is 0 Å². The Hall–Kier alpha value is -7.36. The summed E-state index contributed by atoms with van der Waals surface area (Å²) in [5.41, 5.74) is 18.6. The van der Waals surface area contributed by atoms with Crippen molar-refractivity contribution in [2.75, 3.05) is 0 Å². The van der Waals surface area contributed by atoms with Crippen LogP contribution in [0.15, 0.2) is 199 Å². The molecule has 58 heavy (non-hydrogen) atoms. The van der Waals surface area contributed by atoms with E-state index in [0.717, 1.165) is 72.3 Å². The lowest BCUT2D eigenvalue weighted by atomic mass is 9.82. The van der Waals surface area contributed by atoms with Crippen molar-refractivity contribution in [3.8, 4) is 78.4 Å². The van der Waals surface area contributed by atoms with Gasteiger partial charge >= 0.3 is 0 Å². The highest BCUT2D eigenvalue weighted by Crippen LogP contribution is 2.49. The van der Waals surface area contributed by atoms with Crippen LogP contribution in [-0.2, 0) is 5.41 Å². The molecule has 0 spiro atoms. The van der Waals surface area contributed by atoms with E-state index in [1.165, 1.54) is 33.4 Å². The van der Waals surface area contributed by atoms with E-state index in [1.54, 1.807) is 0 Å². The van der Waals surface area contributed by atoms with Crippen LogP contribution in [0.2, 0.25) is 0 Å². The zero-order chi connectivity index (χ0) is 38.8. The highest BCUT2D eigenvalue weighted by molar-refractivity contribution is 6.06. The maximum Gasteiger partial charge on any atom is 0.160 e. The van der Waals surface area contributed by atoms with Crippen molar-refractivity contribution < 1.29 is 4.42 Å². The van der Waals surface area contributed by atoms with Gasteiger partial charge in [0.05, 0.1) is 11.4 Å². The Bertz CT molecular complexity index is 3190. The van der Waals surface area contributed by atoms with Crippen LogP contribution >= 0.6 is 0 Å². The second-order valence-corrected chi connectivity index (χ2v) is 15.8. The highest BCUT2D eigenvalue weighted by atomic mass is 16.3. The first-order chi connectivity index (χ1) is 28.5. The molecule has 0 saturated carbocycles. The number of hydrogen-bond donors (Lipinski definition) is 0. The molecule has 0 fully saturated rings. The summed E-state index contributed by atoms with van der Waals surface area (Å²) in [7, 11) is 0. The minimum absolute atomic E-state index is 0.128. The minimum atomic E-state index is -0.128. The number of benzene rings is 8. The second kappa shape index (κ2) is 13.4. The summed E-state index contributed by atoms with van der Waals surface area (Å²) in [6.07, 6.45) is 0. The van der Waals surface area contributed by atoms with E-state index in [1.807, 2.05) is 18.2 Å². The smallest absolute Gasteiger partial charge is 0.160 e. The molecule has 0 radical (unpaired) electrons. The van der Waals surface area contributed by atoms with Crippen LogP contribution in [0.3, 0.4) is 0 Å². The molecule has 0 bridgehead atoms. The first-order valence-corrected chi connectivity index (χ1v) is 19.9. The Morgan fingerprint density at radius 1 is 0.345 bits per heavy atom. The van der Waals surface area contributed by atoms with E-state index in [4.69, 9.17) is 14.4 Å². The molecule has 0 aliphatic heterocycles. The average molecular weight is 743 g/mol. The van der Waals surface area contributed by atoms with Gasteiger partial charge in [-0.2, -0.15) is 0 Å². The van der Waals surface area contributed by atoms with Crippen molar-refractivity contribution in [1.29, 1.82) is 0 Å². The maximum absolute atomic E-state index is 6.25. The zero-order valence-corrected chi connectivity index (χ0v) is 32.3.